The van der Waals surface area contributed by atoms with E-state index < -0.39 is 17.7 Å². The number of benzene rings is 1. The Kier molecular flexibility index (Phi) is 5.25. The van der Waals surface area contributed by atoms with Crippen molar-refractivity contribution >= 4 is 23.3 Å². The number of carboxylic acids is 1. The molecule has 26 heavy (non-hydrogen) atoms. The first-order chi connectivity index (χ1) is 12.4. The van der Waals surface area contributed by atoms with E-state index in [0.717, 1.165) is 0 Å². The van der Waals surface area contributed by atoms with Crippen molar-refractivity contribution in [2.24, 2.45) is 11.8 Å². The van der Waals surface area contributed by atoms with Crippen LogP contribution in [0.5, 0.6) is 0 Å². The molecule has 2 fully saturated rings. The van der Waals surface area contributed by atoms with Crippen LogP contribution in [0.4, 0.5) is 10.1 Å². The van der Waals surface area contributed by atoms with Crippen LogP contribution in [0.1, 0.15) is 36.5 Å². The molecule has 2 atom stereocenters. The molecule has 1 saturated heterocycles. The third-order valence-corrected chi connectivity index (χ3v) is 5.42. The molecule has 0 unspecified atom stereocenters. The SMILES string of the molecule is CC(=O)c1ccc(N2CCN(C(=O)[C@@H]3CC[C@H](C(=O)O)C3)CC2)c(F)c1. The zero-order valence-corrected chi connectivity index (χ0v) is 14.8. The molecular weight excluding hydrogens is 339 g/mol. The van der Waals surface area contributed by atoms with Crippen molar-refractivity contribution in [1.29, 1.82) is 0 Å². The zero-order chi connectivity index (χ0) is 18.8. The Bertz CT molecular complexity index is 728. The monoisotopic (exact) mass is 362 g/mol. The van der Waals surface area contributed by atoms with Gasteiger partial charge in [-0.2, -0.15) is 0 Å². The van der Waals surface area contributed by atoms with E-state index in [1.807, 2.05) is 4.90 Å². The van der Waals surface area contributed by atoms with Gasteiger partial charge < -0.3 is 14.9 Å². The summed E-state index contributed by atoms with van der Waals surface area (Å²) in [5, 5.41) is 9.08. The van der Waals surface area contributed by atoms with Gasteiger partial charge in [0.25, 0.3) is 0 Å². The van der Waals surface area contributed by atoms with Gasteiger partial charge in [-0.15, -0.1) is 0 Å². The first-order valence-corrected chi connectivity index (χ1v) is 8.94. The number of nitrogens with zero attached hydrogens (tertiary/aromatic N) is 2. The van der Waals surface area contributed by atoms with Crippen molar-refractivity contribution in [2.45, 2.75) is 26.2 Å². The van der Waals surface area contributed by atoms with Crippen LogP contribution in [0.15, 0.2) is 18.2 Å². The number of anilines is 1. The summed E-state index contributed by atoms with van der Waals surface area (Å²) in [5.74, 6) is -2.05. The molecule has 3 rings (SSSR count). The minimum absolute atomic E-state index is 0.0146. The highest BCUT2D eigenvalue weighted by Gasteiger charge is 2.36. The maximum atomic E-state index is 14.3. The van der Waals surface area contributed by atoms with E-state index in [9.17, 15) is 18.8 Å². The first-order valence-electron chi connectivity index (χ1n) is 8.94. The molecule has 6 nitrogen and oxygen atoms in total. The van der Waals surface area contributed by atoms with Crippen LogP contribution >= 0.6 is 0 Å². The van der Waals surface area contributed by atoms with Gasteiger partial charge in [0.15, 0.2) is 5.78 Å². The lowest BCUT2D eigenvalue weighted by atomic mass is 10.0. The van der Waals surface area contributed by atoms with E-state index in [-0.39, 0.29) is 17.6 Å². The predicted molar refractivity (Wildman–Crippen MR) is 93.7 cm³/mol. The highest BCUT2D eigenvalue weighted by molar-refractivity contribution is 5.94. The molecule has 1 aromatic carbocycles. The molecular formula is C19H23FN2O4. The fourth-order valence-corrected chi connectivity index (χ4v) is 3.84. The smallest absolute Gasteiger partial charge is 0.306 e. The number of halogens is 1. The number of aliphatic carboxylic acids is 1. The van der Waals surface area contributed by atoms with Crippen LogP contribution in [-0.4, -0.2) is 53.8 Å². The first kappa shape index (κ1) is 18.4. The number of Topliss-reactive ketones (excluding diaryl/α,β-unsaturated/α-hetero) is 1. The summed E-state index contributed by atoms with van der Waals surface area (Å²) in [4.78, 5) is 38.6. The molecule has 2 aliphatic rings. The fraction of sp³-hybridized carbons (Fsp3) is 0.526. The van der Waals surface area contributed by atoms with Crippen LogP contribution in [0.25, 0.3) is 0 Å². The van der Waals surface area contributed by atoms with Crippen molar-refractivity contribution < 1.29 is 23.9 Å². The van der Waals surface area contributed by atoms with E-state index in [2.05, 4.69) is 0 Å². The van der Waals surface area contributed by atoms with Crippen LogP contribution in [0, 0.1) is 17.7 Å². The van der Waals surface area contributed by atoms with Gasteiger partial charge in [0, 0.05) is 37.7 Å². The van der Waals surface area contributed by atoms with Crippen LogP contribution < -0.4 is 4.90 Å². The molecule has 0 radical (unpaired) electrons. The summed E-state index contributed by atoms with van der Waals surface area (Å²) in [6.45, 7) is 3.40. The maximum Gasteiger partial charge on any atom is 0.306 e. The van der Waals surface area contributed by atoms with Crippen LogP contribution in [-0.2, 0) is 9.59 Å². The van der Waals surface area contributed by atoms with E-state index >= 15 is 0 Å². The third-order valence-electron chi connectivity index (χ3n) is 5.42. The number of ketones is 1. The Hall–Kier alpha value is -2.44. The van der Waals surface area contributed by atoms with E-state index in [4.69, 9.17) is 5.11 Å². The van der Waals surface area contributed by atoms with Crippen LogP contribution in [0.3, 0.4) is 0 Å². The number of piperazine rings is 1. The molecule has 1 aromatic rings. The quantitative estimate of drug-likeness (QED) is 0.831. The molecule has 1 amide bonds. The number of hydrogen-bond acceptors (Lipinski definition) is 4. The summed E-state index contributed by atoms with van der Waals surface area (Å²) >= 11 is 0. The lowest BCUT2D eigenvalue weighted by Gasteiger charge is -2.37. The normalized spacial score (nSPS) is 23.2. The lowest BCUT2D eigenvalue weighted by Crippen LogP contribution is -2.50. The summed E-state index contributed by atoms with van der Waals surface area (Å²) in [6, 6.07) is 4.47. The van der Waals surface area contributed by atoms with Gasteiger partial charge in [0.2, 0.25) is 5.91 Å². The average molecular weight is 362 g/mol. The van der Waals surface area contributed by atoms with Crippen molar-refractivity contribution in [3.05, 3.63) is 29.6 Å². The second-order valence-corrected chi connectivity index (χ2v) is 7.08. The second kappa shape index (κ2) is 7.43. The second-order valence-electron chi connectivity index (χ2n) is 7.08. The van der Waals surface area contributed by atoms with Gasteiger partial charge in [-0.3, -0.25) is 14.4 Å². The Morgan fingerprint density at radius 1 is 1.08 bits per heavy atom. The molecule has 1 saturated carbocycles. The average Bonchev–Trinajstić information content (AvgIpc) is 3.11. The lowest BCUT2D eigenvalue weighted by molar-refractivity contribution is -0.141. The molecule has 1 aliphatic heterocycles. The number of carbonyl (C=O) groups excluding carboxylic acids is 2. The Balaban J connectivity index is 1.58. The minimum atomic E-state index is -0.824. The number of amides is 1. The molecule has 0 bridgehead atoms. The number of carboxylic acid groups (broad SMARTS) is 1. The van der Waals surface area contributed by atoms with Crippen LogP contribution in [0.2, 0.25) is 0 Å². The van der Waals surface area contributed by atoms with Crippen molar-refractivity contribution in [3.63, 3.8) is 0 Å². The van der Waals surface area contributed by atoms with E-state index in [1.165, 1.54) is 13.0 Å². The molecule has 1 heterocycles. The topological polar surface area (TPSA) is 77.9 Å². The largest absolute Gasteiger partial charge is 0.481 e. The highest BCUT2D eigenvalue weighted by atomic mass is 19.1. The number of carbonyl (C=O) groups is 3. The van der Waals surface area contributed by atoms with Gasteiger partial charge in [-0.25, -0.2) is 4.39 Å². The molecule has 7 heteroatoms. The molecule has 1 N–H and O–H groups in total. The summed E-state index contributed by atoms with van der Waals surface area (Å²) in [7, 11) is 0. The Morgan fingerprint density at radius 3 is 2.27 bits per heavy atom. The van der Waals surface area contributed by atoms with E-state index in [0.29, 0.717) is 56.7 Å². The predicted octanol–water partition coefficient (Wildman–Crippen LogP) is 2.18. The molecule has 1 aliphatic carbocycles. The van der Waals surface area contributed by atoms with Crippen molar-refractivity contribution in [1.82, 2.24) is 4.90 Å². The standard InChI is InChI=1S/C19H23FN2O4/c1-12(23)13-4-5-17(16(20)11-13)21-6-8-22(9-7-21)18(24)14-2-3-15(10-14)19(25)26/h4-5,11,14-15H,2-3,6-10H2,1H3,(H,25,26)/t14-,15+/m1/s1. The maximum absolute atomic E-state index is 14.3. The fourth-order valence-electron chi connectivity index (χ4n) is 3.84. The van der Waals surface area contributed by atoms with Crippen molar-refractivity contribution in [2.75, 3.05) is 31.1 Å². The number of hydrogen-bond donors (Lipinski definition) is 1. The van der Waals surface area contributed by atoms with Gasteiger partial charge in [0.05, 0.1) is 11.6 Å². The van der Waals surface area contributed by atoms with E-state index in [1.54, 1.807) is 17.0 Å². The van der Waals surface area contributed by atoms with Gasteiger partial charge in [-0.1, -0.05) is 0 Å². The molecule has 140 valence electrons. The minimum Gasteiger partial charge on any atom is -0.481 e. The molecule has 0 aromatic heterocycles. The summed E-state index contributed by atoms with van der Waals surface area (Å²) in [5.41, 5.74) is 0.781. The Labute approximate surface area is 151 Å². The summed E-state index contributed by atoms with van der Waals surface area (Å²) in [6.07, 6.45) is 1.59. The Morgan fingerprint density at radius 2 is 1.73 bits per heavy atom. The van der Waals surface area contributed by atoms with Gasteiger partial charge in [0.1, 0.15) is 5.82 Å². The number of rotatable bonds is 4. The van der Waals surface area contributed by atoms with Gasteiger partial charge >= 0.3 is 5.97 Å². The van der Waals surface area contributed by atoms with Crippen molar-refractivity contribution in [3.8, 4) is 0 Å². The third kappa shape index (κ3) is 3.71. The highest BCUT2D eigenvalue weighted by Crippen LogP contribution is 2.33. The molecule has 0 spiro atoms. The van der Waals surface area contributed by atoms with Gasteiger partial charge in [-0.05, 0) is 44.4 Å². The zero-order valence-electron chi connectivity index (χ0n) is 14.8. The summed E-state index contributed by atoms with van der Waals surface area (Å²) < 4.78 is 14.3.